The summed E-state index contributed by atoms with van der Waals surface area (Å²) >= 11 is 0. The molecule has 1 aromatic carbocycles. The van der Waals surface area contributed by atoms with E-state index >= 15 is 0 Å². The number of Topliss-reactive ketones (excluding diaryl/α,β-unsaturated/α-hetero) is 1. The Hall–Kier alpha value is -1.84. The first kappa shape index (κ1) is 15.2. The SMILES string of the molecule is CC(=O)c1ccc(C)c(NC(=O)NCCC(C)C)c1. The second-order valence-electron chi connectivity index (χ2n) is 5.15. The molecule has 1 aromatic rings. The Morgan fingerprint density at radius 2 is 1.95 bits per heavy atom. The van der Waals surface area contributed by atoms with Gasteiger partial charge in [0.05, 0.1) is 0 Å². The molecule has 0 spiro atoms. The van der Waals surface area contributed by atoms with Crippen molar-refractivity contribution in [3.8, 4) is 0 Å². The second kappa shape index (κ2) is 6.92. The van der Waals surface area contributed by atoms with Crippen LogP contribution in [0, 0.1) is 12.8 Å². The lowest BCUT2D eigenvalue weighted by Gasteiger charge is -2.11. The van der Waals surface area contributed by atoms with Crippen molar-refractivity contribution in [3.63, 3.8) is 0 Å². The molecule has 0 fully saturated rings. The number of carbonyl (C=O) groups excluding carboxylic acids is 2. The number of rotatable bonds is 5. The average molecular weight is 262 g/mol. The van der Waals surface area contributed by atoms with Crippen molar-refractivity contribution in [2.75, 3.05) is 11.9 Å². The van der Waals surface area contributed by atoms with Gasteiger partial charge in [-0.25, -0.2) is 4.79 Å². The number of benzene rings is 1. The topological polar surface area (TPSA) is 58.2 Å². The van der Waals surface area contributed by atoms with Gasteiger partial charge in [-0.2, -0.15) is 0 Å². The van der Waals surface area contributed by atoms with Gasteiger partial charge < -0.3 is 10.6 Å². The smallest absolute Gasteiger partial charge is 0.319 e. The molecule has 0 unspecified atom stereocenters. The zero-order valence-corrected chi connectivity index (χ0v) is 12.0. The monoisotopic (exact) mass is 262 g/mol. The van der Waals surface area contributed by atoms with Crippen molar-refractivity contribution in [1.29, 1.82) is 0 Å². The highest BCUT2D eigenvalue weighted by atomic mass is 16.2. The van der Waals surface area contributed by atoms with E-state index in [0.717, 1.165) is 12.0 Å². The van der Waals surface area contributed by atoms with Crippen LogP contribution in [0.4, 0.5) is 10.5 Å². The molecule has 0 atom stereocenters. The molecule has 2 N–H and O–H groups in total. The lowest BCUT2D eigenvalue weighted by molar-refractivity contribution is 0.101. The van der Waals surface area contributed by atoms with Crippen LogP contribution in [-0.4, -0.2) is 18.4 Å². The zero-order valence-electron chi connectivity index (χ0n) is 12.0. The Balaban J connectivity index is 2.63. The molecule has 0 aliphatic rings. The van der Waals surface area contributed by atoms with Crippen molar-refractivity contribution in [2.45, 2.75) is 34.1 Å². The van der Waals surface area contributed by atoms with Crippen molar-refractivity contribution < 1.29 is 9.59 Å². The summed E-state index contributed by atoms with van der Waals surface area (Å²) in [6.07, 6.45) is 0.944. The normalized spacial score (nSPS) is 10.4. The van der Waals surface area contributed by atoms with Gasteiger partial charge in [-0.05, 0) is 37.8 Å². The summed E-state index contributed by atoms with van der Waals surface area (Å²) in [5.74, 6) is 0.548. The van der Waals surface area contributed by atoms with Crippen LogP contribution in [0.1, 0.15) is 43.1 Å². The fraction of sp³-hybridized carbons (Fsp3) is 0.467. The third kappa shape index (κ3) is 5.12. The van der Waals surface area contributed by atoms with Gasteiger partial charge >= 0.3 is 6.03 Å². The first-order valence-corrected chi connectivity index (χ1v) is 6.56. The molecular formula is C15H22N2O2. The summed E-state index contributed by atoms with van der Waals surface area (Å²) in [6.45, 7) is 8.28. The van der Waals surface area contributed by atoms with Crippen LogP contribution in [0.5, 0.6) is 0 Å². The Bertz CT molecular complexity index is 467. The molecular weight excluding hydrogens is 240 g/mol. The van der Waals surface area contributed by atoms with E-state index < -0.39 is 0 Å². The number of amides is 2. The zero-order chi connectivity index (χ0) is 14.4. The number of aryl methyl sites for hydroxylation is 1. The largest absolute Gasteiger partial charge is 0.338 e. The second-order valence-corrected chi connectivity index (χ2v) is 5.15. The van der Waals surface area contributed by atoms with Crippen molar-refractivity contribution >= 4 is 17.5 Å². The number of urea groups is 1. The van der Waals surface area contributed by atoms with Gasteiger partial charge in [0.1, 0.15) is 0 Å². The highest BCUT2D eigenvalue weighted by molar-refractivity contribution is 5.97. The Kier molecular flexibility index (Phi) is 5.55. The van der Waals surface area contributed by atoms with Crippen LogP contribution in [-0.2, 0) is 0 Å². The fourth-order valence-corrected chi connectivity index (χ4v) is 1.62. The number of anilines is 1. The minimum Gasteiger partial charge on any atom is -0.338 e. The van der Waals surface area contributed by atoms with E-state index in [1.54, 1.807) is 12.1 Å². The van der Waals surface area contributed by atoms with Gasteiger partial charge in [0, 0.05) is 17.8 Å². The van der Waals surface area contributed by atoms with E-state index in [1.165, 1.54) is 6.92 Å². The van der Waals surface area contributed by atoms with Crippen LogP contribution in [0.2, 0.25) is 0 Å². The van der Waals surface area contributed by atoms with Gasteiger partial charge in [0.15, 0.2) is 5.78 Å². The highest BCUT2D eigenvalue weighted by Gasteiger charge is 2.07. The van der Waals surface area contributed by atoms with Crippen LogP contribution in [0.25, 0.3) is 0 Å². The molecule has 1 rings (SSSR count). The Morgan fingerprint density at radius 1 is 1.26 bits per heavy atom. The van der Waals surface area contributed by atoms with E-state index in [0.29, 0.717) is 23.7 Å². The molecule has 4 heteroatoms. The Morgan fingerprint density at radius 3 is 2.53 bits per heavy atom. The van der Waals surface area contributed by atoms with Gasteiger partial charge in [0.25, 0.3) is 0 Å². The van der Waals surface area contributed by atoms with Crippen LogP contribution in [0.3, 0.4) is 0 Å². The molecule has 2 amide bonds. The van der Waals surface area contributed by atoms with E-state index in [9.17, 15) is 9.59 Å². The molecule has 0 radical (unpaired) electrons. The summed E-state index contributed by atoms with van der Waals surface area (Å²) in [6, 6.07) is 5.07. The van der Waals surface area contributed by atoms with Crippen molar-refractivity contribution in [2.24, 2.45) is 5.92 Å². The number of ketones is 1. The number of hydrogen-bond acceptors (Lipinski definition) is 2. The van der Waals surface area contributed by atoms with Crippen molar-refractivity contribution in [3.05, 3.63) is 29.3 Å². The number of hydrogen-bond donors (Lipinski definition) is 2. The molecule has 104 valence electrons. The first-order chi connectivity index (χ1) is 8.90. The lowest BCUT2D eigenvalue weighted by Crippen LogP contribution is -2.30. The molecule has 4 nitrogen and oxygen atoms in total. The van der Waals surface area contributed by atoms with E-state index in [-0.39, 0.29) is 11.8 Å². The predicted octanol–water partition coefficient (Wildman–Crippen LogP) is 3.37. The minimum absolute atomic E-state index is 0.0109. The summed E-state index contributed by atoms with van der Waals surface area (Å²) in [5, 5.41) is 5.58. The molecule has 0 aliphatic carbocycles. The molecule has 0 aliphatic heterocycles. The average Bonchev–Trinajstić information content (AvgIpc) is 2.31. The lowest BCUT2D eigenvalue weighted by atomic mass is 10.1. The van der Waals surface area contributed by atoms with Crippen LogP contribution in [0.15, 0.2) is 18.2 Å². The molecule has 0 saturated heterocycles. The number of carbonyl (C=O) groups is 2. The molecule has 0 saturated carbocycles. The molecule has 0 bridgehead atoms. The Labute approximate surface area is 114 Å². The van der Waals surface area contributed by atoms with E-state index in [2.05, 4.69) is 24.5 Å². The first-order valence-electron chi connectivity index (χ1n) is 6.56. The van der Waals surface area contributed by atoms with Crippen LogP contribution >= 0.6 is 0 Å². The third-order valence-corrected chi connectivity index (χ3v) is 2.90. The van der Waals surface area contributed by atoms with Gasteiger partial charge in [-0.1, -0.05) is 26.0 Å². The quantitative estimate of drug-likeness (QED) is 0.799. The van der Waals surface area contributed by atoms with Gasteiger partial charge in [0.2, 0.25) is 0 Å². The highest BCUT2D eigenvalue weighted by Crippen LogP contribution is 2.17. The maximum Gasteiger partial charge on any atom is 0.319 e. The maximum atomic E-state index is 11.7. The predicted molar refractivity (Wildman–Crippen MR) is 77.7 cm³/mol. The fourth-order valence-electron chi connectivity index (χ4n) is 1.62. The summed E-state index contributed by atoms with van der Waals surface area (Å²) < 4.78 is 0. The van der Waals surface area contributed by atoms with Crippen LogP contribution < -0.4 is 10.6 Å². The third-order valence-electron chi connectivity index (χ3n) is 2.90. The molecule has 0 heterocycles. The number of nitrogens with one attached hydrogen (secondary N) is 2. The van der Waals surface area contributed by atoms with E-state index in [1.807, 2.05) is 13.0 Å². The minimum atomic E-state index is -0.232. The van der Waals surface area contributed by atoms with Gasteiger partial charge in [-0.3, -0.25) is 4.79 Å². The summed E-state index contributed by atoms with van der Waals surface area (Å²) in [4.78, 5) is 23.0. The van der Waals surface area contributed by atoms with Crippen molar-refractivity contribution in [1.82, 2.24) is 5.32 Å². The van der Waals surface area contributed by atoms with E-state index in [4.69, 9.17) is 0 Å². The standard InChI is InChI=1S/C15H22N2O2/c1-10(2)7-8-16-15(19)17-14-9-13(12(4)18)6-5-11(14)3/h5-6,9-10H,7-8H2,1-4H3,(H2,16,17,19). The van der Waals surface area contributed by atoms with Gasteiger partial charge in [-0.15, -0.1) is 0 Å². The maximum absolute atomic E-state index is 11.7. The molecule has 19 heavy (non-hydrogen) atoms. The summed E-state index contributed by atoms with van der Waals surface area (Å²) in [5.41, 5.74) is 2.21. The molecule has 0 aromatic heterocycles. The summed E-state index contributed by atoms with van der Waals surface area (Å²) in [7, 11) is 0.